The Hall–Kier alpha value is -2.21. The van der Waals surface area contributed by atoms with Gasteiger partial charge in [-0.2, -0.15) is 0 Å². The van der Waals surface area contributed by atoms with Crippen molar-refractivity contribution in [2.45, 2.75) is 31.7 Å². The maximum atomic E-state index is 13.0. The number of rotatable bonds is 3. The Morgan fingerprint density at radius 3 is 2.78 bits per heavy atom. The number of Topliss-reactive ketones (excluding diaryl/α,β-unsaturated/α-hetero) is 1. The van der Waals surface area contributed by atoms with Gasteiger partial charge in [-0.05, 0) is 37.1 Å². The normalized spacial score (nSPS) is 18.0. The number of nitrogens with zero attached hydrogens (tertiary/aromatic N) is 1. The molecule has 1 aliphatic rings. The monoisotopic (exact) mass is 336 g/mol. The third-order valence-corrected chi connectivity index (χ3v) is 4.13. The minimum Gasteiger partial charge on any atom is -0.354 e. The molecule has 0 radical (unpaired) electrons. The molecular weight excluding hydrogens is 323 g/mol. The number of hydrogen-bond donors (Lipinski definition) is 1. The van der Waals surface area contributed by atoms with E-state index in [1.54, 1.807) is 0 Å². The molecule has 23 heavy (non-hydrogen) atoms. The van der Waals surface area contributed by atoms with E-state index in [0.29, 0.717) is 18.4 Å². The minimum absolute atomic E-state index is 0.0379. The van der Waals surface area contributed by atoms with Crippen molar-refractivity contribution >= 4 is 23.3 Å². The SMILES string of the molecule is O=C1CCCC(NC(=O)c2noc(-c3ccc(F)cc3)c2Cl)C1. The maximum Gasteiger partial charge on any atom is 0.275 e. The van der Waals surface area contributed by atoms with E-state index in [0.717, 1.165) is 12.8 Å². The van der Waals surface area contributed by atoms with Crippen molar-refractivity contribution in [3.63, 3.8) is 0 Å². The highest BCUT2D eigenvalue weighted by Crippen LogP contribution is 2.31. The zero-order chi connectivity index (χ0) is 16.4. The molecule has 0 bridgehead atoms. The Labute approximate surface area is 136 Å². The van der Waals surface area contributed by atoms with E-state index in [-0.39, 0.29) is 34.1 Å². The summed E-state index contributed by atoms with van der Waals surface area (Å²) in [5.74, 6) is -0.521. The lowest BCUT2D eigenvalue weighted by Crippen LogP contribution is -2.38. The van der Waals surface area contributed by atoms with Crippen molar-refractivity contribution in [3.05, 3.63) is 40.8 Å². The first-order valence-corrected chi connectivity index (χ1v) is 7.66. The molecule has 0 aliphatic heterocycles. The van der Waals surface area contributed by atoms with Crippen LogP contribution in [0.3, 0.4) is 0 Å². The molecule has 1 aromatic heterocycles. The van der Waals surface area contributed by atoms with Crippen LogP contribution < -0.4 is 5.32 Å². The van der Waals surface area contributed by atoms with Crippen molar-refractivity contribution in [2.75, 3.05) is 0 Å². The van der Waals surface area contributed by atoms with Gasteiger partial charge >= 0.3 is 0 Å². The van der Waals surface area contributed by atoms with E-state index in [1.165, 1.54) is 24.3 Å². The van der Waals surface area contributed by atoms with Crippen molar-refractivity contribution in [3.8, 4) is 11.3 Å². The van der Waals surface area contributed by atoms with Gasteiger partial charge in [0.15, 0.2) is 11.5 Å². The molecule has 3 rings (SSSR count). The van der Waals surface area contributed by atoms with Crippen LogP contribution in [0.2, 0.25) is 5.02 Å². The lowest BCUT2D eigenvalue weighted by atomic mass is 9.94. The first-order valence-electron chi connectivity index (χ1n) is 7.28. The van der Waals surface area contributed by atoms with Crippen LogP contribution in [0.1, 0.15) is 36.2 Å². The molecule has 5 nitrogen and oxygen atoms in total. The summed E-state index contributed by atoms with van der Waals surface area (Å²) in [6, 6.07) is 5.31. The molecule has 1 unspecified atom stereocenters. The van der Waals surface area contributed by atoms with E-state index in [9.17, 15) is 14.0 Å². The average Bonchev–Trinajstić information content (AvgIpc) is 2.90. The van der Waals surface area contributed by atoms with Crippen molar-refractivity contribution in [2.24, 2.45) is 0 Å². The first kappa shape index (κ1) is 15.7. The molecule has 1 amide bonds. The number of hydrogen-bond acceptors (Lipinski definition) is 4. The molecule has 1 aliphatic carbocycles. The lowest BCUT2D eigenvalue weighted by molar-refractivity contribution is -0.120. The van der Waals surface area contributed by atoms with E-state index >= 15 is 0 Å². The fourth-order valence-corrected chi connectivity index (χ4v) is 2.87. The van der Waals surface area contributed by atoms with Crippen molar-refractivity contribution in [1.82, 2.24) is 10.5 Å². The summed E-state index contributed by atoms with van der Waals surface area (Å²) in [5, 5.41) is 6.52. The van der Waals surface area contributed by atoms with Gasteiger partial charge in [0.05, 0.1) is 0 Å². The predicted molar refractivity (Wildman–Crippen MR) is 81.6 cm³/mol. The standard InChI is InChI=1S/C16H14ClFN2O3/c17-13-14(16(22)19-11-2-1-3-12(21)8-11)20-23-15(13)9-4-6-10(18)7-5-9/h4-7,11H,1-3,8H2,(H,19,22). The van der Waals surface area contributed by atoms with Crippen LogP contribution in [-0.4, -0.2) is 22.9 Å². The second-order valence-corrected chi connectivity index (χ2v) is 5.86. The van der Waals surface area contributed by atoms with Gasteiger partial charge in [-0.25, -0.2) is 4.39 Å². The minimum atomic E-state index is -0.480. The topological polar surface area (TPSA) is 72.2 Å². The van der Waals surface area contributed by atoms with Crippen LogP contribution in [0.4, 0.5) is 4.39 Å². The fourth-order valence-electron chi connectivity index (χ4n) is 2.60. The van der Waals surface area contributed by atoms with Gasteiger partial charge in [-0.15, -0.1) is 0 Å². The zero-order valence-corrected chi connectivity index (χ0v) is 12.9. The highest BCUT2D eigenvalue weighted by atomic mass is 35.5. The van der Waals surface area contributed by atoms with Gasteiger partial charge in [0, 0.05) is 24.4 Å². The Morgan fingerprint density at radius 2 is 2.09 bits per heavy atom. The number of ketones is 1. The van der Waals surface area contributed by atoms with E-state index in [2.05, 4.69) is 10.5 Å². The fraction of sp³-hybridized carbons (Fsp3) is 0.312. The number of nitrogens with one attached hydrogen (secondary N) is 1. The molecule has 120 valence electrons. The highest BCUT2D eigenvalue weighted by molar-refractivity contribution is 6.35. The van der Waals surface area contributed by atoms with E-state index in [4.69, 9.17) is 16.1 Å². The van der Waals surface area contributed by atoms with Gasteiger partial charge in [0.2, 0.25) is 0 Å². The summed E-state index contributed by atoms with van der Waals surface area (Å²) in [6.45, 7) is 0. The molecule has 1 saturated carbocycles. The number of amides is 1. The number of benzene rings is 1. The number of aromatic nitrogens is 1. The first-order chi connectivity index (χ1) is 11.0. The zero-order valence-electron chi connectivity index (χ0n) is 12.1. The lowest BCUT2D eigenvalue weighted by Gasteiger charge is -2.21. The van der Waals surface area contributed by atoms with Crippen LogP contribution >= 0.6 is 11.6 Å². The summed E-state index contributed by atoms with van der Waals surface area (Å²) >= 11 is 6.16. The summed E-state index contributed by atoms with van der Waals surface area (Å²) in [4.78, 5) is 23.7. The van der Waals surface area contributed by atoms with Crippen LogP contribution in [0, 0.1) is 5.82 Å². The molecule has 7 heteroatoms. The smallest absolute Gasteiger partial charge is 0.275 e. The number of halogens is 2. The van der Waals surface area contributed by atoms with Crippen molar-refractivity contribution < 1.29 is 18.5 Å². The molecular formula is C16H14ClFN2O3. The molecule has 1 heterocycles. The summed E-state index contributed by atoms with van der Waals surface area (Å²) < 4.78 is 18.1. The largest absolute Gasteiger partial charge is 0.354 e. The van der Waals surface area contributed by atoms with Crippen LogP contribution in [0.5, 0.6) is 0 Å². The second-order valence-electron chi connectivity index (χ2n) is 5.49. The Bertz CT molecular complexity index is 742. The van der Waals surface area contributed by atoms with Crippen molar-refractivity contribution in [1.29, 1.82) is 0 Å². The van der Waals surface area contributed by atoms with Gasteiger partial charge < -0.3 is 9.84 Å². The van der Waals surface area contributed by atoms with E-state index in [1.807, 2.05) is 0 Å². The molecule has 1 aromatic carbocycles. The van der Waals surface area contributed by atoms with E-state index < -0.39 is 5.91 Å². The molecule has 1 N–H and O–H groups in total. The van der Waals surface area contributed by atoms with Gasteiger partial charge in [0.25, 0.3) is 5.91 Å². The molecule has 1 atom stereocenters. The maximum absolute atomic E-state index is 13.0. The second kappa shape index (κ2) is 6.50. The highest BCUT2D eigenvalue weighted by Gasteiger charge is 2.26. The summed E-state index contributed by atoms with van der Waals surface area (Å²) in [7, 11) is 0. The number of carbonyl (C=O) groups excluding carboxylic acids is 2. The predicted octanol–water partition coefficient (Wildman–Crippen LogP) is 3.38. The van der Waals surface area contributed by atoms with Crippen LogP contribution in [-0.2, 0) is 4.79 Å². The summed E-state index contributed by atoms with van der Waals surface area (Å²) in [5.41, 5.74) is 0.486. The third-order valence-electron chi connectivity index (χ3n) is 3.77. The molecule has 1 fully saturated rings. The third kappa shape index (κ3) is 3.42. The molecule has 0 spiro atoms. The Morgan fingerprint density at radius 1 is 1.35 bits per heavy atom. The number of carbonyl (C=O) groups is 2. The molecule has 2 aromatic rings. The molecule has 0 saturated heterocycles. The van der Waals surface area contributed by atoms with Gasteiger partial charge in [-0.1, -0.05) is 16.8 Å². The Kier molecular flexibility index (Phi) is 4.43. The quantitative estimate of drug-likeness (QED) is 0.932. The van der Waals surface area contributed by atoms with Crippen LogP contribution in [0.25, 0.3) is 11.3 Å². The van der Waals surface area contributed by atoms with Gasteiger partial charge in [-0.3, -0.25) is 9.59 Å². The van der Waals surface area contributed by atoms with Crippen LogP contribution in [0.15, 0.2) is 28.8 Å². The average molecular weight is 337 g/mol. The van der Waals surface area contributed by atoms with Gasteiger partial charge in [0.1, 0.15) is 16.6 Å². The Balaban J connectivity index is 1.77. The summed E-state index contributed by atoms with van der Waals surface area (Å²) in [6.07, 6.45) is 2.40.